The molecule has 1 aliphatic heterocycles. The van der Waals surface area contributed by atoms with Crippen molar-refractivity contribution in [3.8, 4) is 0 Å². The summed E-state index contributed by atoms with van der Waals surface area (Å²) < 4.78 is 0.788. The molecule has 0 aromatic heterocycles. The fourth-order valence-electron chi connectivity index (χ4n) is 3.87. The molecule has 0 unspecified atom stereocenters. The van der Waals surface area contributed by atoms with Gasteiger partial charge in [-0.3, -0.25) is 0 Å². The Morgan fingerprint density at radius 2 is 2.04 bits per heavy atom. The number of allylic oxidation sites excluding steroid dienone is 2. The smallest absolute Gasteiger partial charge is 0.337 e. The number of nitrogens with one attached hydrogen (secondary N) is 1. The lowest BCUT2D eigenvalue weighted by Gasteiger charge is -2.38. The average Bonchev–Trinajstić information content (AvgIpc) is 3.04. The minimum Gasteiger partial charge on any atom is -0.478 e. The first-order valence-electron chi connectivity index (χ1n) is 7.80. The molecule has 0 saturated carbocycles. The number of carboxylic acid groups (broad SMARTS) is 1. The summed E-state index contributed by atoms with van der Waals surface area (Å²) in [5.41, 5.74) is 3.03. The number of benzene rings is 2. The Bertz CT molecular complexity index is 864. The Hall–Kier alpha value is -1.78. The predicted octanol–water partition coefficient (Wildman–Crippen LogP) is 5.63. The third kappa shape index (κ3) is 2.45. The van der Waals surface area contributed by atoms with Crippen LogP contribution in [0.25, 0.3) is 0 Å². The number of carboxylic acids is 1. The van der Waals surface area contributed by atoms with Gasteiger partial charge in [0.15, 0.2) is 0 Å². The van der Waals surface area contributed by atoms with E-state index in [1.807, 2.05) is 30.3 Å². The molecule has 2 aliphatic rings. The monoisotopic (exact) mass is 403 g/mol. The zero-order chi connectivity index (χ0) is 16.8. The number of carbonyl (C=O) groups is 1. The summed E-state index contributed by atoms with van der Waals surface area (Å²) >= 11 is 9.86. The molecule has 0 bridgehead atoms. The van der Waals surface area contributed by atoms with E-state index in [0.29, 0.717) is 16.6 Å². The fourth-order valence-corrected chi connectivity index (χ4v) is 4.60. The number of rotatable bonds is 2. The molecule has 2 aromatic rings. The first-order chi connectivity index (χ1) is 11.6. The number of anilines is 1. The molecule has 1 heterocycles. The molecular formula is C19H15BrClNO2. The minimum atomic E-state index is -0.932. The van der Waals surface area contributed by atoms with Crippen molar-refractivity contribution < 1.29 is 9.90 Å². The Balaban J connectivity index is 1.89. The molecule has 122 valence electrons. The Kier molecular flexibility index (Phi) is 3.89. The van der Waals surface area contributed by atoms with Gasteiger partial charge in [-0.2, -0.15) is 0 Å². The van der Waals surface area contributed by atoms with Crippen LogP contribution in [0.3, 0.4) is 0 Å². The van der Waals surface area contributed by atoms with Gasteiger partial charge in [-0.25, -0.2) is 4.79 Å². The van der Waals surface area contributed by atoms with Crippen molar-refractivity contribution in [2.24, 2.45) is 5.92 Å². The Labute approximate surface area is 153 Å². The molecule has 0 radical (unpaired) electrons. The van der Waals surface area contributed by atoms with Gasteiger partial charge < -0.3 is 10.4 Å². The molecule has 0 spiro atoms. The molecule has 1 aliphatic carbocycles. The van der Waals surface area contributed by atoms with Gasteiger partial charge in [-0.05, 0) is 41.7 Å². The lowest BCUT2D eigenvalue weighted by Crippen LogP contribution is -2.30. The van der Waals surface area contributed by atoms with E-state index in [0.717, 1.165) is 22.0 Å². The summed E-state index contributed by atoms with van der Waals surface area (Å²) in [6, 6.07) is 11.4. The van der Waals surface area contributed by atoms with Gasteiger partial charge in [0.2, 0.25) is 0 Å². The average molecular weight is 405 g/mol. The van der Waals surface area contributed by atoms with Gasteiger partial charge in [0.1, 0.15) is 0 Å². The van der Waals surface area contributed by atoms with Crippen LogP contribution in [0.2, 0.25) is 5.02 Å². The van der Waals surface area contributed by atoms with Gasteiger partial charge in [0.05, 0.1) is 17.3 Å². The zero-order valence-electron chi connectivity index (χ0n) is 12.7. The molecule has 5 heteroatoms. The van der Waals surface area contributed by atoms with Crippen molar-refractivity contribution in [3.05, 3.63) is 74.7 Å². The maximum atomic E-state index is 11.7. The van der Waals surface area contributed by atoms with E-state index in [2.05, 4.69) is 33.4 Å². The second-order valence-corrected chi connectivity index (χ2v) is 7.54. The highest BCUT2D eigenvalue weighted by Gasteiger charge is 2.40. The maximum absolute atomic E-state index is 11.7. The molecule has 3 nitrogen and oxygen atoms in total. The molecule has 0 amide bonds. The molecule has 3 atom stereocenters. The van der Waals surface area contributed by atoms with Crippen molar-refractivity contribution in [2.75, 3.05) is 5.32 Å². The summed E-state index contributed by atoms with van der Waals surface area (Å²) in [7, 11) is 0. The summed E-state index contributed by atoms with van der Waals surface area (Å²) in [5, 5.41) is 13.8. The maximum Gasteiger partial charge on any atom is 0.337 e. The van der Waals surface area contributed by atoms with Crippen molar-refractivity contribution in [1.82, 2.24) is 0 Å². The number of aromatic carboxylic acids is 1. The molecule has 2 aromatic carbocycles. The summed E-state index contributed by atoms with van der Waals surface area (Å²) in [5.74, 6) is -0.412. The Morgan fingerprint density at radius 3 is 2.79 bits per heavy atom. The minimum absolute atomic E-state index is 0.00882. The first kappa shape index (κ1) is 15.7. The van der Waals surface area contributed by atoms with Crippen LogP contribution in [0.15, 0.2) is 53.0 Å². The lowest BCUT2D eigenvalue weighted by atomic mass is 9.76. The van der Waals surface area contributed by atoms with Crippen LogP contribution in [0.1, 0.15) is 39.9 Å². The van der Waals surface area contributed by atoms with Crippen LogP contribution in [-0.2, 0) is 0 Å². The summed E-state index contributed by atoms with van der Waals surface area (Å²) in [6.07, 6.45) is 5.31. The normalized spacial score (nSPS) is 24.2. The van der Waals surface area contributed by atoms with Crippen LogP contribution in [-0.4, -0.2) is 11.1 Å². The van der Waals surface area contributed by atoms with E-state index in [-0.39, 0.29) is 17.5 Å². The number of fused-ring (bicyclic) bond motifs is 3. The number of halogens is 2. The van der Waals surface area contributed by atoms with Gasteiger partial charge in [0, 0.05) is 15.4 Å². The van der Waals surface area contributed by atoms with E-state index in [1.54, 1.807) is 6.07 Å². The van der Waals surface area contributed by atoms with Gasteiger partial charge in [0.25, 0.3) is 0 Å². The molecule has 2 N–H and O–H groups in total. The highest BCUT2D eigenvalue weighted by molar-refractivity contribution is 9.10. The third-order valence-corrected chi connectivity index (χ3v) is 5.71. The van der Waals surface area contributed by atoms with Crippen LogP contribution in [0.4, 0.5) is 5.69 Å². The standard InChI is InChI=1S/C19H15BrClNO2/c20-10-8-14-11-5-3-6-12(11)17(13-4-1-2-7-16(13)21)22-18(14)15(9-10)19(23)24/h1-5,7-9,11-12,17,22H,6H2,(H,23,24)/t11-,12+,17-/m1/s1. The quantitative estimate of drug-likeness (QED) is 0.638. The van der Waals surface area contributed by atoms with Crippen molar-refractivity contribution >= 4 is 39.2 Å². The molecular weight excluding hydrogens is 390 g/mol. The largest absolute Gasteiger partial charge is 0.478 e. The summed E-state index contributed by atoms with van der Waals surface area (Å²) in [6.45, 7) is 0. The highest BCUT2D eigenvalue weighted by Crippen LogP contribution is 2.52. The van der Waals surface area contributed by atoms with E-state index >= 15 is 0 Å². The molecule has 0 fully saturated rings. The van der Waals surface area contributed by atoms with Crippen LogP contribution in [0, 0.1) is 5.92 Å². The van der Waals surface area contributed by atoms with Crippen LogP contribution in [0.5, 0.6) is 0 Å². The Morgan fingerprint density at radius 1 is 1.25 bits per heavy atom. The van der Waals surface area contributed by atoms with E-state index in [4.69, 9.17) is 11.6 Å². The topological polar surface area (TPSA) is 49.3 Å². The first-order valence-corrected chi connectivity index (χ1v) is 8.97. The van der Waals surface area contributed by atoms with E-state index in [9.17, 15) is 9.90 Å². The van der Waals surface area contributed by atoms with E-state index in [1.165, 1.54) is 0 Å². The van der Waals surface area contributed by atoms with Crippen molar-refractivity contribution in [1.29, 1.82) is 0 Å². The van der Waals surface area contributed by atoms with Gasteiger partial charge >= 0.3 is 5.97 Å². The highest BCUT2D eigenvalue weighted by atomic mass is 79.9. The molecule has 4 rings (SSSR count). The van der Waals surface area contributed by atoms with E-state index < -0.39 is 5.97 Å². The SMILES string of the molecule is O=C(O)c1cc(Br)cc2c1N[C@@H](c1ccccc1Cl)[C@H]1CC=C[C@@H]21. The summed E-state index contributed by atoms with van der Waals surface area (Å²) in [4.78, 5) is 11.7. The zero-order valence-corrected chi connectivity index (χ0v) is 15.0. The predicted molar refractivity (Wildman–Crippen MR) is 98.9 cm³/mol. The van der Waals surface area contributed by atoms with Gasteiger partial charge in [-0.1, -0.05) is 57.9 Å². The number of hydrogen-bond acceptors (Lipinski definition) is 2. The molecule has 0 saturated heterocycles. The number of hydrogen-bond donors (Lipinski definition) is 2. The van der Waals surface area contributed by atoms with Crippen molar-refractivity contribution in [2.45, 2.75) is 18.4 Å². The molecule has 24 heavy (non-hydrogen) atoms. The third-order valence-electron chi connectivity index (χ3n) is 4.90. The van der Waals surface area contributed by atoms with Gasteiger partial charge in [-0.15, -0.1) is 0 Å². The fraction of sp³-hybridized carbons (Fsp3) is 0.211. The second-order valence-electron chi connectivity index (χ2n) is 6.22. The van der Waals surface area contributed by atoms with Crippen molar-refractivity contribution in [3.63, 3.8) is 0 Å². The van der Waals surface area contributed by atoms with Crippen LogP contribution >= 0.6 is 27.5 Å². The second kappa shape index (κ2) is 5.94. The van der Waals surface area contributed by atoms with Crippen LogP contribution < -0.4 is 5.32 Å². The lowest BCUT2D eigenvalue weighted by molar-refractivity contribution is 0.0697.